The molecule has 35 heavy (non-hydrogen) atoms. The summed E-state index contributed by atoms with van der Waals surface area (Å²) in [6.07, 6.45) is -1.89. The van der Waals surface area contributed by atoms with Gasteiger partial charge in [-0.05, 0) is 42.5 Å². The summed E-state index contributed by atoms with van der Waals surface area (Å²) in [6, 6.07) is 14.3. The van der Waals surface area contributed by atoms with Gasteiger partial charge in [0, 0.05) is 42.4 Å². The maximum Gasteiger partial charge on any atom is 0.416 e. The lowest BCUT2D eigenvalue weighted by molar-refractivity contribution is -0.137. The molecule has 4 aromatic rings. The van der Waals surface area contributed by atoms with E-state index in [1.54, 1.807) is 19.4 Å². The molecule has 0 spiro atoms. The molecule has 1 aliphatic heterocycles. The molecule has 1 aliphatic rings. The van der Waals surface area contributed by atoms with Gasteiger partial charge < -0.3 is 9.15 Å². The molecule has 0 saturated carbocycles. The molecule has 0 amide bonds. The average molecular weight is 500 g/mol. The van der Waals surface area contributed by atoms with Gasteiger partial charge in [-0.25, -0.2) is 9.97 Å². The van der Waals surface area contributed by atoms with Crippen molar-refractivity contribution in [2.45, 2.75) is 25.7 Å². The number of ether oxygens (including phenoxy) is 1. The highest BCUT2D eigenvalue weighted by Crippen LogP contribution is 2.32. The van der Waals surface area contributed by atoms with Crippen molar-refractivity contribution >= 4 is 11.6 Å². The summed E-state index contributed by atoms with van der Waals surface area (Å²) in [6.45, 7) is 2.07. The fourth-order valence-corrected chi connectivity index (χ4v) is 4.37. The van der Waals surface area contributed by atoms with Crippen molar-refractivity contribution in [2.75, 3.05) is 13.7 Å². The number of halogens is 4. The van der Waals surface area contributed by atoms with Gasteiger partial charge in [0.2, 0.25) is 0 Å². The van der Waals surface area contributed by atoms with Crippen molar-refractivity contribution in [3.05, 3.63) is 88.4 Å². The number of hydrogen-bond donors (Lipinski definition) is 0. The Kier molecular flexibility index (Phi) is 6.25. The zero-order chi connectivity index (χ0) is 24.6. The third-order valence-corrected chi connectivity index (χ3v) is 6.26. The lowest BCUT2D eigenvalue weighted by Gasteiger charge is -2.27. The van der Waals surface area contributed by atoms with Gasteiger partial charge in [0.25, 0.3) is 0 Å². The maximum atomic E-state index is 12.8. The number of aromatic nitrogens is 2. The molecule has 3 heterocycles. The normalized spacial score (nSPS) is 14.1. The van der Waals surface area contributed by atoms with E-state index in [1.807, 2.05) is 24.3 Å². The van der Waals surface area contributed by atoms with E-state index in [-0.39, 0.29) is 0 Å². The molecule has 0 atom stereocenters. The molecular formula is C26H21ClF3N3O2. The van der Waals surface area contributed by atoms with E-state index in [1.165, 1.54) is 12.1 Å². The summed E-state index contributed by atoms with van der Waals surface area (Å²) < 4.78 is 49.7. The zero-order valence-corrected chi connectivity index (χ0v) is 19.5. The van der Waals surface area contributed by atoms with Gasteiger partial charge in [0.1, 0.15) is 17.3 Å². The van der Waals surface area contributed by atoms with Crippen LogP contribution in [0.15, 0.2) is 65.2 Å². The second-order valence-electron chi connectivity index (χ2n) is 8.32. The van der Waals surface area contributed by atoms with Crippen LogP contribution < -0.4 is 4.74 Å². The van der Waals surface area contributed by atoms with Crippen molar-refractivity contribution in [1.29, 1.82) is 0 Å². The van der Waals surface area contributed by atoms with Crippen LogP contribution in [0.4, 0.5) is 13.2 Å². The largest absolute Gasteiger partial charge is 0.495 e. The van der Waals surface area contributed by atoms with Crippen LogP contribution in [0.25, 0.3) is 22.7 Å². The second kappa shape index (κ2) is 9.36. The predicted octanol–water partition coefficient (Wildman–Crippen LogP) is 6.64. The first-order valence-corrected chi connectivity index (χ1v) is 11.4. The average Bonchev–Trinajstić information content (AvgIpc) is 3.31. The minimum absolute atomic E-state index is 0.430. The minimum atomic E-state index is -4.37. The van der Waals surface area contributed by atoms with Gasteiger partial charge >= 0.3 is 6.18 Å². The Morgan fingerprint density at radius 2 is 1.83 bits per heavy atom. The summed E-state index contributed by atoms with van der Waals surface area (Å²) in [4.78, 5) is 11.3. The van der Waals surface area contributed by atoms with E-state index < -0.39 is 11.7 Å². The Balaban J connectivity index is 1.26. The summed E-state index contributed by atoms with van der Waals surface area (Å²) in [5.41, 5.74) is 2.66. The van der Waals surface area contributed by atoms with E-state index in [4.69, 9.17) is 20.8 Å². The molecule has 180 valence electrons. The third-order valence-electron chi connectivity index (χ3n) is 5.96. The Hall–Kier alpha value is -3.36. The number of alkyl halides is 3. The topological polar surface area (TPSA) is 51.4 Å². The van der Waals surface area contributed by atoms with Crippen molar-refractivity contribution in [3.8, 4) is 28.5 Å². The number of nitrogens with zero attached hydrogens (tertiary/aromatic N) is 3. The molecule has 2 aromatic heterocycles. The van der Waals surface area contributed by atoms with Crippen molar-refractivity contribution < 1.29 is 22.3 Å². The summed E-state index contributed by atoms with van der Waals surface area (Å²) in [5.74, 6) is 2.60. The van der Waals surface area contributed by atoms with Crippen LogP contribution in [0.1, 0.15) is 22.6 Å². The van der Waals surface area contributed by atoms with Crippen LogP contribution in [0.3, 0.4) is 0 Å². The van der Waals surface area contributed by atoms with E-state index in [0.717, 1.165) is 47.0 Å². The summed E-state index contributed by atoms with van der Waals surface area (Å²) >= 11 is 6.23. The molecular weight excluding hydrogens is 479 g/mol. The molecule has 0 aliphatic carbocycles. The van der Waals surface area contributed by atoms with Gasteiger partial charge in [-0.15, -0.1) is 0 Å². The van der Waals surface area contributed by atoms with Crippen LogP contribution in [0, 0.1) is 0 Å². The van der Waals surface area contributed by atoms with E-state index in [2.05, 4.69) is 14.9 Å². The first-order chi connectivity index (χ1) is 16.8. The number of fused-ring (bicyclic) bond motifs is 1. The highest BCUT2D eigenvalue weighted by atomic mass is 35.5. The van der Waals surface area contributed by atoms with Crippen molar-refractivity contribution in [3.63, 3.8) is 0 Å². The molecule has 5 nitrogen and oxygen atoms in total. The van der Waals surface area contributed by atoms with Crippen LogP contribution in [0.2, 0.25) is 5.02 Å². The smallest absolute Gasteiger partial charge is 0.416 e. The standard InChI is InChI=1S/C26H21ClF3N3O2/c1-34-24-8-4-17(12-21(24)27)23-9-7-20(35-23)15-33-11-10-22-18(14-33)13-31-25(32-22)16-2-5-19(6-3-16)26(28,29)30/h2-9,12-13H,10-11,14-15H2,1H3. The van der Waals surface area contributed by atoms with E-state index in [9.17, 15) is 13.2 Å². The lowest BCUT2D eigenvalue weighted by Crippen LogP contribution is -2.30. The van der Waals surface area contributed by atoms with Crippen molar-refractivity contribution in [2.24, 2.45) is 0 Å². The first-order valence-electron chi connectivity index (χ1n) is 11.0. The Labute approximate surface area is 205 Å². The summed E-state index contributed by atoms with van der Waals surface area (Å²) in [7, 11) is 1.57. The van der Waals surface area contributed by atoms with Gasteiger partial charge in [-0.3, -0.25) is 4.90 Å². The molecule has 0 saturated heterocycles. The molecule has 0 N–H and O–H groups in total. The van der Waals surface area contributed by atoms with Gasteiger partial charge in [-0.1, -0.05) is 23.7 Å². The second-order valence-corrected chi connectivity index (χ2v) is 8.72. The number of methoxy groups -OCH3 is 1. The van der Waals surface area contributed by atoms with Crippen LogP contribution >= 0.6 is 11.6 Å². The number of hydrogen-bond acceptors (Lipinski definition) is 5. The molecule has 2 aromatic carbocycles. The molecule has 0 bridgehead atoms. The fraction of sp³-hybridized carbons (Fsp3) is 0.231. The SMILES string of the molecule is COc1ccc(-c2ccc(CN3CCc4nc(-c5ccc(C(F)(F)F)cc5)ncc4C3)o2)cc1Cl. The lowest BCUT2D eigenvalue weighted by atomic mass is 10.1. The number of benzene rings is 2. The number of rotatable bonds is 5. The summed E-state index contributed by atoms with van der Waals surface area (Å²) in [5, 5.41) is 0.520. The van der Waals surface area contributed by atoms with Crippen LogP contribution in [0.5, 0.6) is 5.75 Å². The van der Waals surface area contributed by atoms with Crippen LogP contribution in [-0.2, 0) is 25.7 Å². The van der Waals surface area contributed by atoms with Crippen LogP contribution in [-0.4, -0.2) is 28.5 Å². The minimum Gasteiger partial charge on any atom is -0.495 e. The predicted molar refractivity (Wildman–Crippen MR) is 126 cm³/mol. The quantitative estimate of drug-likeness (QED) is 0.308. The number of furan rings is 1. The van der Waals surface area contributed by atoms with E-state index in [0.29, 0.717) is 41.7 Å². The third kappa shape index (κ3) is 5.04. The van der Waals surface area contributed by atoms with Gasteiger partial charge in [0.15, 0.2) is 5.82 Å². The monoisotopic (exact) mass is 499 g/mol. The highest BCUT2D eigenvalue weighted by Gasteiger charge is 2.30. The first kappa shape index (κ1) is 23.4. The Bertz CT molecular complexity index is 1350. The molecule has 0 fully saturated rings. The Morgan fingerprint density at radius 3 is 2.54 bits per heavy atom. The zero-order valence-electron chi connectivity index (χ0n) is 18.8. The van der Waals surface area contributed by atoms with Gasteiger partial charge in [-0.2, -0.15) is 13.2 Å². The molecule has 9 heteroatoms. The Morgan fingerprint density at radius 1 is 1.06 bits per heavy atom. The highest BCUT2D eigenvalue weighted by molar-refractivity contribution is 6.32. The molecule has 5 rings (SSSR count). The van der Waals surface area contributed by atoms with Gasteiger partial charge in [0.05, 0.1) is 29.9 Å². The van der Waals surface area contributed by atoms with Crippen molar-refractivity contribution in [1.82, 2.24) is 14.9 Å². The maximum absolute atomic E-state index is 12.8. The molecule has 0 unspecified atom stereocenters. The fourth-order valence-electron chi connectivity index (χ4n) is 4.11. The van der Waals surface area contributed by atoms with E-state index >= 15 is 0 Å². The molecule has 0 radical (unpaired) electrons.